The zero-order valence-electron chi connectivity index (χ0n) is 16.4. The molecular formula is C20H25N3O5S. The zero-order valence-corrected chi connectivity index (χ0v) is 17.2. The molecule has 4 heterocycles. The first-order valence-electron chi connectivity index (χ1n) is 9.93. The van der Waals surface area contributed by atoms with Gasteiger partial charge in [-0.05, 0) is 56.9 Å². The molecule has 0 radical (unpaired) electrons. The Morgan fingerprint density at radius 3 is 2.72 bits per heavy atom. The average Bonchev–Trinajstić information content (AvgIpc) is 3.48. The van der Waals surface area contributed by atoms with Crippen LogP contribution in [0.2, 0.25) is 0 Å². The van der Waals surface area contributed by atoms with E-state index in [4.69, 9.17) is 8.94 Å². The van der Waals surface area contributed by atoms with Crippen LogP contribution in [-0.2, 0) is 14.8 Å². The van der Waals surface area contributed by atoms with Gasteiger partial charge in [0.1, 0.15) is 11.5 Å². The van der Waals surface area contributed by atoms with Crippen LogP contribution in [0.1, 0.15) is 42.9 Å². The molecule has 2 aliphatic rings. The van der Waals surface area contributed by atoms with Crippen molar-refractivity contribution in [2.75, 3.05) is 26.2 Å². The molecule has 1 atom stereocenters. The van der Waals surface area contributed by atoms with Gasteiger partial charge in [0.15, 0.2) is 10.7 Å². The highest BCUT2D eigenvalue weighted by molar-refractivity contribution is 7.89. The quantitative estimate of drug-likeness (QED) is 0.739. The fourth-order valence-corrected chi connectivity index (χ4v) is 5.80. The van der Waals surface area contributed by atoms with Crippen LogP contribution in [0.25, 0.3) is 12.2 Å². The van der Waals surface area contributed by atoms with E-state index >= 15 is 0 Å². The van der Waals surface area contributed by atoms with Crippen LogP contribution in [0.5, 0.6) is 0 Å². The summed E-state index contributed by atoms with van der Waals surface area (Å²) in [4.78, 5) is 14.7. The predicted octanol–water partition coefficient (Wildman–Crippen LogP) is 2.77. The molecule has 29 heavy (non-hydrogen) atoms. The minimum Gasteiger partial charge on any atom is -0.465 e. The van der Waals surface area contributed by atoms with Gasteiger partial charge in [-0.2, -0.15) is 4.31 Å². The van der Waals surface area contributed by atoms with Crippen molar-refractivity contribution >= 4 is 28.1 Å². The average molecular weight is 420 g/mol. The number of hydrogen-bond donors (Lipinski definition) is 0. The van der Waals surface area contributed by atoms with Gasteiger partial charge in [-0.3, -0.25) is 4.79 Å². The van der Waals surface area contributed by atoms with Crippen molar-refractivity contribution in [2.24, 2.45) is 5.92 Å². The molecule has 0 spiro atoms. The van der Waals surface area contributed by atoms with E-state index in [0.29, 0.717) is 24.4 Å². The van der Waals surface area contributed by atoms with Gasteiger partial charge < -0.3 is 13.8 Å². The van der Waals surface area contributed by atoms with Gasteiger partial charge in [-0.1, -0.05) is 5.16 Å². The monoisotopic (exact) mass is 419 g/mol. The number of aromatic nitrogens is 1. The molecule has 0 aliphatic carbocycles. The highest BCUT2D eigenvalue weighted by Crippen LogP contribution is 2.30. The summed E-state index contributed by atoms with van der Waals surface area (Å²) in [6.07, 6.45) is 8.13. The number of hydrogen-bond acceptors (Lipinski definition) is 6. The number of rotatable bonds is 5. The zero-order chi connectivity index (χ0) is 20.4. The first-order chi connectivity index (χ1) is 14.0. The number of carbonyl (C=O) groups is 1. The van der Waals surface area contributed by atoms with Gasteiger partial charge >= 0.3 is 0 Å². The molecule has 2 fully saturated rings. The molecule has 0 N–H and O–H groups in total. The maximum Gasteiger partial charge on any atom is 0.248 e. The third-order valence-corrected chi connectivity index (χ3v) is 7.55. The predicted molar refractivity (Wildman–Crippen MR) is 106 cm³/mol. The van der Waals surface area contributed by atoms with Crippen molar-refractivity contribution < 1.29 is 22.2 Å². The second-order valence-corrected chi connectivity index (χ2v) is 9.42. The summed E-state index contributed by atoms with van der Waals surface area (Å²) in [5, 5.41) is 3.86. The van der Waals surface area contributed by atoms with Crippen molar-refractivity contribution in [3.8, 4) is 0 Å². The van der Waals surface area contributed by atoms with Crippen LogP contribution < -0.4 is 0 Å². The molecule has 1 unspecified atom stereocenters. The van der Waals surface area contributed by atoms with Crippen LogP contribution in [0.3, 0.4) is 0 Å². The minimum absolute atomic E-state index is 0.0505. The summed E-state index contributed by atoms with van der Waals surface area (Å²) >= 11 is 0. The van der Waals surface area contributed by atoms with Gasteiger partial charge in [0.05, 0.1) is 12.2 Å². The van der Waals surface area contributed by atoms with Crippen molar-refractivity contribution in [2.45, 2.75) is 37.5 Å². The number of piperidine rings is 1. The number of sulfonamides is 1. The molecule has 0 saturated carbocycles. The summed E-state index contributed by atoms with van der Waals surface area (Å²) in [5.41, 5.74) is 0.303. The lowest BCUT2D eigenvalue weighted by Gasteiger charge is -2.33. The molecule has 0 aromatic carbocycles. The minimum atomic E-state index is -3.84. The number of likely N-dealkylation sites (tertiary alicyclic amines) is 1. The fourth-order valence-electron chi connectivity index (χ4n) is 4.03. The van der Waals surface area contributed by atoms with Gasteiger partial charge in [0.2, 0.25) is 15.9 Å². The first-order valence-corrected chi connectivity index (χ1v) is 11.4. The number of furan rings is 1. The van der Waals surface area contributed by atoms with E-state index in [2.05, 4.69) is 5.16 Å². The Balaban J connectivity index is 1.56. The Morgan fingerprint density at radius 2 is 2.00 bits per heavy atom. The van der Waals surface area contributed by atoms with Gasteiger partial charge in [-0.15, -0.1) is 0 Å². The second-order valence-electron chi connectivity index (χ2n) is 7.54. The molecular weight excluding hydrogens is 394 g/mol. The molecule has 156 valence electrons. The van der Waals surface area contributed by atoms with Crippen LogP contribution in [0.4, 0.5) is 0 Å². The maximum absolute atomic E-state index is 13.4. The maximum atomic E-state index is 13.4. The fraction of sp³-hybridized carbons (Fsp3) is 0.500. The summed E-state index contributed by atoms with van der Waals surface area (Å²) in [6.45, 7) is 3.74. The Morgan fingerprint density at radius 1 is 1.21 bits per heavy atom. The first kappa shape index (κ1) is 19.9. The number of carbonyl (C=O) groups excluding carboxylic acids is 1. The normalized spacial score (nSPS) is 21.3. The highest BCUT2D eigenvalue weighted by Gasteiger charge is 2.38. The molecule has 2 aliphatic heterocycles. The molecule has 0 bridgehead atoms. The topological polar surface area (TPSA) is 96.9 Å². The Labute approximate surface area is 170 Å². The third kappa shape index (κ3) is 4.02. The highest BCUT2D eigenvalue weighted by atomic mass is 32.2. The van der Waals surface area contributed by atoms with E-state index in [-0.39, 0.29) is 29.0 Å². The number of aryl methyl sites for hydroxylation is 1. The van der Waals surface area contributed by atoms with E-state index in [0.717, 1.165) is 32.4 Å². The SMILES string of the molecule is Cc1noc(/C=C/c2ccco2)c1S(=O)(=O)N1CCCC(C(=O)N2CCCC2)C1. The van der Waals surface area contributed by atoms with Crippen molar-refractivity contribution in [3.63, 3.8) is 0 Å². The van der Waals surface area contributed by atoms with E-state index in [1.807, 2.05) is 4.90 Å². The molecule has 2 aromatic heterocycles. The lowest BCUT2D eigenvalue weighted by Crippen LogP contribution is -2.46. The van der Waals surface area contributed by atoms with E-state index < -0.39 is 10.0 Å². The Hall–Kier alpha value is -2.39. The summed E-state index contributed by atoms with van der Waals surface area (Å²) in [5.74, 6) is 0.518. The standard InChI is InChI=1S/C20H25N3O5S/c1-15-19(18(28-21-15)9-8-17-7-5-13-27-17)29(25,26)23-12-4-6-16(14-23)20(24)22-10-2-3-11-22/h5,7-9,13,16H,2-4,6,10-12,14H2,1H3/b9-8+. The van der Waals surface area contributed by atoms with Crippen molar-refractivity contribution in [1.29, 1.82) is 0 Å². The number of amides is 1. The second kappa shape index (κ2) is 8.16. The molecule has 2 saturated heterocycles. The third-order valence-electron chi connectivity index (χ3n) is 5.52. The van der Waals surface area contributed by atoms with Crippen LogP contribution >= 0.6 is 0 Å². The molecule has 1 amide bonds. The van der Waals surface area contributed by atoms with E-state index in [1.165, 1.54) is 10.6 Å². The van der Waals surface area contributed by atoms with E-state index in [1.54, 1.807) is 31.2 Å². The van der Waals surface area contributed by atoms with Crippen LogP contribution in [0.15, 0.2) is 32.2 Å². The Kier molecular flexibility index (Phi) is 5.60. The molecule has 2 aromatic rings. The lowest BCUT2D eigenvalue weighted by atomic mass is 9.98. The summed E-state index contributed by atoms with van der Waals surface area (Å²) in [7, 11) is -3.84. The van der Waals surface area contributed by atoms with Crippen molar-refractivity contribution in [3.05, 3.63) is 35.6 Å². The molecule has 4 rings (SSSR count). The van der Waals surface area contributed by atoms with Crippen LogP contribution in [-0.4, -0.2) is 54.9 Å². The largest absolute Gasteiger partial charge is 0.465 e. The van der Waals surface area contributed by atoms with Gasteiger partial charge in [0.25, 0.3) is 0 Å². The Bertz CT molecular complexity index is 987. The smallest absolute Gasteiger partial charge is 0.248 e. The molecule has 9 heteroatoms. The lowest BCUT2D eigenvalue weighted by molar-refractivity contribution is -0.135. The van der Waals surface area contributed by atoms with E-state index in [9.17, 15) is 13.2 Å². The van der Waals surface area contributed by atoms with Crippen molar-refractivity contribution in [1.82, 2.24) is 14.4 Å². The summed E-state index contributed by atoms with van der Waals surface area (Å²) < 4.78 is 38.7. The van der Waals surface area contributed by atoms with Gasteiger partial charge in [0, 0.05) is 26.2 Å². The molecule has 8 nitrogen and oxygen atoms in total. The number of nitrogens with zero attached hydrogens (tertiary/aromatic N) is 3. The summed E-state index contributed by atoms with van der Waals surface area (Å²) in [6, 6.07) is 3.50. The van der Waals surface area contributed by atoms with Gasteiger partial charge in [-0.25, -0.2) is 8.42 Å². The van der Waals surface area contributed by atoms with Crippen LogP contribution in [0, 0.1) is 12.8 Å².